The summed E-state index contributed by atoms with van der Waals surface area (Å²) in [6.07, 6.45) is -0.816. The fourth-order valence-corrected chi connectivity index (χ4v) is 0.958. The van der Waals surface area contributed by atoms with Crippen molar-refractivity contribution in [2.75, 3.05) is 19.8 Å². The van der Waals surface area contributed by atoms with Gasteiger partial charge in [-0.2, -0.15) is 0 Å². The van der Waals surface area contributed by atoms with E-state index in [9.17, 15) is 0 Å². The molecular formula is C12H14O3. The first-order chi connectivity index (χ1) is 7.33. The predicted molar refractivity (Wildman–Crippen MR) is 57.2 cm³/mol. The third-order valence-electron chi connectivity index (χ3n) is 1.70. The number of hydrogen-bond donors (Lipinski definition) is 2. The molecule has 15 heavy (non-hydrogen) atoms. The number of benzene rings is 1. The van der Waals surface area contributed by atoms with Crippen LogP contribution in [0.2, 0.25) is 0 Å². The molecule has 1 aromatic carbocycles. The Bertz CT molecular complexity index is 324. The third kappa shape index (κ3) is 5.18. The monoisotopic (exact) mass is 206 g/mol. The zero-order valence-corrected chi connectivity index (χ0v) is 8.39. The number of rotatable bonds is 4. The highest BCUT2D eigenvalue weighted by Gasteiger charge is 1.99. The van der Waals surface area contributed by atoms with Crippen LogP contribution in [-0.4, -0.2) is 36.1 Å². The molecule has 0 aromatic heterocycles. The number of ether oxygens (including phenoxy) is 1. The van der Waals surface area contributed by atoms with Crippen LogP contribution in [0.15, 0.2) is 30.3 Å². The molecule has 1 atom stereocenters. The van der Waals surface area contributed by atoms with Crippen molar-refractivity contribution in [1.82, 2.24) is 0 Å². The zero-order chi connectivity index (χ0) is 10.9. The molecule has 0 aliphatic rings. The summed E-state index contributed by atoms with van der Waals surface area (Å²) in [6, 6.07) is 9.59. The van der Waals surface area contributed by atoms with Gasteiger partial charge in [-0.15, -0.1) is 0 Å². The SMILES string of the molecule is OCC(O)COCC#Cc1ccccc1. The van der Waals surface area contributed by atoms with Crippen LogP contribution in [0.5, 0.6) is 0 Å². The molecule has 0 heterocycles. The molecular weight excluding hydrogens is 192 g/mol. The quantitative estimate of drug-likeness (QED) is 0.554. The van der Waals surface area contributed by atoms with Gasteiger partial charge in [0.2, 0.25) is 0 Å². The van der Waals surface area contributed by atoms with Crippen LogP contribution >= 0.6 is 0 Å². The number of hydrogen-bond acceptors (Lipinski definition) is 3. The summed E-state index contributed by atoms with van der Waals surface area (Å²) < 4.78 is 5.02. The maximum Gasteiger partial charge on any atom is 0.108 e. The molecule has 0 radical (unpaired) electrons. The average Bonchev–Trinajstić information content (AvgIpc) is 2.29. The second-order valence-electron chi connectivity index (χ2n) is 3.02. The largest absolute Gasteiger partial charge is 0.394 e. The minimum Gasteiger partial charge on any atom is -0.394 e. The highest BCUT2D eigenvalue weighted by atomic mass is 16.5. The molecule has 0 spiro atoms. The zero-order valence-electron chi connectivity index (χ0n) is 8.39. The van der Waals surface area contributed by atoms with Crippen molar-refractivity contribution in [2.45, 2.75) is 6.10 Å². The van der Waals surface area contributed by atoms with Crippen LogP contribution in [-0.2, 0) is 4.74 Å². The van der Waals surface area contributed by atoms with E-state index in [-0.39, 0.29) is 19.8 Å². The molecule has 0 bridgehead atoms. The van der Waals surface area contributed by atoms with Crippen LogP contribution < -0.4 is 0 Å². The van der Waals surface area contributed by atoms with Gasteiger partial charge < -0.3 is 14.9 Å². The van der Waals surface area contributed by atoms with Crippen LogP contribution in [0.3, 0.4) is 0 Å². The Morgan fingerprint density at radius 1 is 1.27 bits per heavy atom. The van der Waals surface area contributed by atoms with Crippen LogP contribution in [0.1, 0.15) is 5.56 Å². The van der Waals surface area contributed by atoms with E-state index in [1.54, 1.807) is 0 Å². The highest BCUT2D eigenvalue weighted by Crippen LogP contribution is 1.94. The van der Waals surface area contributed by atoms with Gasteiger partial charge in [0.15, 0.2) is 0 Å². The average molecular weight is 206 g/mol. The van der Waals surface area contributed by atoms with Crippen molar-refractivity contribution in [3.05, 3.63) is 35.9 Å². The summed E-state index contributed by atoms with van der Waals surface area (Å²) in [5.74, 6) is 5.73. The smallest absolute Gasteiger partial charge is 0.108 e. The molecule has 3 nitrogen and oxygen atoms in total. The van der Waals surface area contributed by atoms with Gasteiger partial charge in [0.05, 0.1) is 13.2 Å². The summed E-state index contributed by atoms with van der Waals surface area (Å²) in [5.41, 5.74) is 0.934. The van der Waals surface area contributed by atoms with Crippen LogP contribution in [0, 0.1) is 11.8 Å². The Balaban J connectivity index is 2.23. The fourth-order valence-electron chi connectivity index (χ4n) is 0.958. The van der Waals surface area contributed by atoms with Crippen molar-refractivity contribution in [3.8, 4) is 11.8 Å². The standard InChI is InChI=1S/C12H14O3/c13-9-12(14)10-15-8-4-7-11-5-2-1-3-6-11/h1-3,5-6,12-14H,8-10H2. The van der Waals surface area contributed by atoms with Crippen molar-refractivity contribution < 1.29 is 14.9 Å². The lowest BCUT2D eigenvalue weighted by Crippen LogP contribution is -2.19. The van der Waals surface area contributed by atoms with Crippen molar-refractivity contribution in [2.24, 2.45) is 0 Å². The van der Waals surface area contributed by atoms with Crippen molar-refractivity contribution >= 4 is 0 Å². The second kappa shape index (κ2) is 7.02. The molecule has 0 fully saturated rings. The van der Waals surface area contributed by atoms with E-state index < -0.39 is 6.10 Å². The third-order valence-corrected chi connectivity index (χ3v) is 1.70. The molecule has 0 aliphatic carbocycles. The Kier molecular flexibility index (Phi) is 5.49. The van der Waals surface area contributed by atoms with E-state index in [0.29, 0.717) is 0 Å². The predicted octanol–water partition coefficient (Wildman–Crippen LogP) is 0.408. The van der Waals surface area contributed by atoms with E-state index in [1.165, 1.54) is 0 Å². The topological polar surface area (TPSA) is 49.7 Å². The second-order valence-corrected chi connectivity index (χ2v) is 3.02. The molecule has 1 rings (SSSR count). The maximum atomic E-state index is 8.95. The lowest BCUT2D eigenvalue weighted by Gasteiger charge is -2.04. The van der Waals surface area contributed by atoms with E-state index in [0.717, 1.165) is 5.56 Å². The molecule has 0 aliphatic heterocycles. The lowest BCUT2D eigenvalue weighted by atomic mass is 10.2. The molecule has 0 saturated carbocycles. The Morgan fingerprint density at radius 2 is 2.00 bits per heavy atom. The lowest BCUT2D eigenvalue weighted by molar-refractivity contribution is 0.0164. The summed E-state index contributed by atoms with van der Waals surface area (Å²) in [7, 11) is 0. The normalized spacial score (nSPS) is 11.6. The highest BCUT2D eigenvalue weighted by molar-refractivity contribution is 5.33. The van der Waals surface area contributed by atoms with E-state index in [4.69, 9.17) is 14.9 Å². The van der Waals surface area contributed by atoms with Crippen LogP contribution in [0.4, 0.5) is 0 Å². The van der Waals surface area contributed by atoms with Gasteiger partial charge in [-0.3, -0.25) is 0 Å². The summed E-state index contributed by atoms with van der Waals surface area (Å²) >= 11 is 0. The minimum absolute atomic E-state index is 0.111. The van der Waals surface area contributed by atoms with Gasteiger partial charge in [0.1, 0.15) is 12.7 Å². The van der Waals surface area contributed by atoms with Gasteiger partial charge >= 0.3 is 0 Å². The molecule has 2 N–H and O–H groups in total. The maximum absolute atomic E-state index is 8.95. The molecule has 3 heteroatoms. The summed E-state index contributed by atoms with van der Waals surface area (Å²) in [6.45, 7) is 0.0814. The van der Waals surface area contributed by atoms with E-state index >= 15 is 0 Å². The Morgan fingerprint density at radius 3 is 2.67 bits per heavy atom. The fraction of sp³-hybridized carbons (Fsp3) is 0.333. The molecule has 1 aromatic rings. The number of aliphatic hydroxyl groups is 2. The van der Waals surface area contributed by atoms with Gasteiger partial charge in [0.25, 0.3) is 0 Å². The first-order valence-corrected chi connectivity index (χ1v) is 4.73. The Hall–Kier alpha value is -1.34. The van der Waals surface area contributed by atoms with Gasteiger partial charge in [-0.05, 0) is 12.1 Å². The van der Waals surface area contributed by atoms with Crippen molar-refractivity contribution in [1.29, 1.82) is 0 Å². The van der Waals surface area contributed by atoms with Gasteiger partial charge in [-0.1, -0.05) is 30.0 Å². The molecule has 0 saturated heterocycles. The minimum atomic E-state index is -0.816. The summed E-state index contributed by atoms with van der Waals surface area (Å²) in [5, 5.41) is 17.5. The molecule has 80 valence electrons. The number of aliphatic hydroxyl groups excluding tert-OH is 2. The van der Waals surface area contributed by atoms with E-state index in [2.05, 4.69) is 11.8 Å². The first kappa shape index (κ1) is 11.7. The Labute approximate surface area is 89.3 Å². The van der Waals surface area contributed by atoms with Crippen molar-refractivity contribution in [3.63, 3.8) is 0 Å². The van der Waals surface area contributed by atoms with Gasteiger partial charge in [-0.25, -0.2) is 0 Å². The molecule has 1 unspecified atom stereocenters. The molecule has 0 amide bonds. The van der Waals surface area contributed by atoms with Gasteiger partial charge in [0, 0.05) is 5.56 Å². The van der Waals surface area contributed by atoms with Crippen LogP contribution in [0.25, 0.3) is 0 Å². The summed E-state index contributed by atoms with van der Waals surface area (Å²) in [4.78, 5) is 0. The first-order valence-electron chi connectivity index (χ1n) is 4.73. The van der Waals surface area contributed by atoms with E-state index in [1.807, 2.05) is 30.3 Å².